The molecule has 13 heavy (non-hydrogen) atoms. The molecule has 0 aromatic heterocycles. The van der Waals surface area contributed by atoms with Crippen molar-refractivity contribution in [2.75, 3.05) is 0 Å². The van der Waals surface area contributed by atoms with Crippen LogP contribution in [0.2, 0.25) is 0 Å². The van der Waals surface area contributed by atoms with Crippen molar-refractivity contribution in [2.45, 2.75) is 6.92 Å². The van der Waals surface area contributed by atoms with E-state index in [-0.39, 0.29) is 5.56 Å². The van der Waals surface area contributed by atoms with Crippen molar-refractivity contribution in [1.82, 2.24) is 0 Å². The lowest BCUT2D eigenvalue weighted by Gasteiger charge is -2.02. The first-order chi connectivity index (χ1) is 6.06. The number of nitrogens with zero attached hydrogens (tertiary/aromatic N) is 1. The summed E-state index contributed by atoms with van der Waals surface area (Å²) in [6.45, 7) is 1.70. The van der Waals surface area contributed by atoms with Gasteiger partial charge in [0.25, 0.3) is 0 Å². The molecule has 1 rings (SSSR count). The lowest BCUT2D eigenvalue weighted by Crippen LogP contribution is -1.98. The topological polar surface area (TPSA) is 61.1 Å². The fourth-order valence-electron chi connectivity index (χ4n) is 1.01. The molecular weight excluding hydrogens is 234 g/mol. The van der Waals surface area contributed by atoms with Gasteiger partial charge in [0.1, 0.15) is 6.07 Å². The minimum Gasteiger partial charge on any atom is -0.478 e. The summed E-state index contributed by atoms with van der Waals surface area (Å²) >= 11 is 3.14. The second-order valence-electron chi connectivity index (χ2n) is 2.57. The van der Waals surface area contributed by atoms with Crippen LogP contribution >= 0.6 is 15.9 Å². The van der Waals surface area contributed by atoms with E-state index in [0.717, 1.165) is 0 Å². The predicted molar refractivity (Wildman–Crippen MR) is 50.6 cm³/mol. The summed E-state index contributed by atoms with van der Waals surface area (Å²) in [5, 5.41) is 17.4. The van der Waals surface area contributed by atoms with E-state index in [2.05, 4.69) is 15.9 Å². The van der Waals surface area contributed by atoms with Gasteiger partial charge in [-0.15, -0.1) is 0 Å². The first-order valence-electron chi connectivity index (χ1n) is 3.50. The summed E-state index contributed by atoms with van der Waals surface area (Å²) in [6, 6.07) is 4.89. The van der Waals surface area contributed by atoms with Gasteiger partial charge in [-0.1, -0.05) is 0 Å². The van der Waals surface area contributed by atoms with Gasteiger partial charge in [0.15, 0.2) is 0 Å². The maximum Gasteiger partial charge on any atom is 0.335 e. The third kappa shape index (κ3) is 1.87. The van der Waals surface area contributed by atoms with Gasteiger partial charge in [-0.2, -0.15) is 5.26 Å². The molecule has 1 N–H and O–H groups in total. The van der Waals surface area contributed by atoms with Crippen molar-refractivity contribution < 1.29 is 9.90 Å². The second kappa shape index (κ2) is 3.58. The third-order valence-electron chi connectivity index (χ3n) is 1.65. The lowest BCUT2D eigenvalue weighted by atomic mass is 10.1. The first kappa shape index (κ1) is 9.75. The number of aryl methyl sites for hydroxylation is 1. The smallest absolute Gasteiger partial charge is 0.335 e. The Labute approximate surface area is 83.7 Å². The molecule has 4 heteroatoms. The van der Waals surface area contributed by atoms with Crippen molar-refractivity contribution in [3.63, 3.8) is 0 Å². The zero-order valence-electron chi connectivity index (χ0n) is 6.84. The molecule has 0 atom stereocenters. The number of rotatable bonds is 1. The number of nitriles is 1. The summed E-state index contributed by atoms with van der Waals surface area (Å²) in [6.07, 6.45) is 0. The van der Waals surface area contributed by atoms with Gasteiger partial charge < -0.3 is 5.11 Å². The maximum atomic E-state index is 10.6. The van der Waals surface area contributed by atoms with E-state index in [9.17, 15) is 4.79 Å². The molecule has 0 heterocycles. The molecule has 0 unspecified atom stereocenters. The number of hydrogen-bond acceptors (Lipinski definition) is 2. The molecule has 0 fully saturated rings. The SMILES string of the molecule is Cc1cc(C(=O)O)cc(Br)c1C#N. The average molecular weight is 240 g/mol. The van der Waals surface area contributed by atoms with Gasteiger partial charge in [0.2, 0.25) is 0 Å². The average Bonchev–Trinajstić information content (AvgIpc) is 2.03. The van der Waals surface area contributed by atoms with Gasteiger partial charge >= 0.3 is 5.97 Å². The Balaban J connectivity index is 3.39. The number of carboxylic acid groups (broad SMARTS) is 1. The Morgan fingerprint density at radius 1 is 1.62 bits per heavy atom. The van der Waals surface area contributed by atoms with Crippen LogP contribution in [0.5, 0.6) is 0 Å². The van der Waals surface area contributed by atoms with Gasteiger partial charge in [-0.05, 0) is 40.5 Å². The number of hydrogen-bond donors (Lipinski definition) is 1. The van der Waals surface area contributed by atoms with E-state index >= 15 is 0 Å². The van der Waals surface area contributed by atoms with Crippen molar-refractivity contribution in [1.29, 1.82) is 5.26 Å². The highest BCUT2D eigenvalue weighted by atomic mass is 79.9. The normalized spacial score (nSPS) is 9.31. The molecule has 0 aliphatic rings. The Kier molecular flexibility index (Phi) is 2.69. The highest BCUT2D eigenvalue weighted by Gasteiger charge is 2.09. The summed E-state index contributed by atoms with van der Waals surface area (Å²) in [5.41, 5.74) is 1.32. The Morgan fingerprint density at radius 2 is 2.23 bits per heavy atom. The molecule has 0 aliphatic heterocycles. The van der Waals surface area contributed by atoms with Crippen LogP contribution in [-0.2, 0) is 0 Å². The highest BCUT2D eigenvalue weighted by Crippen LogP contribution is 2.21. The number of carboxylic acids is 1. The van der Waals surface area contributed by atoms with E-state index < -0.39 is 5.97 Å². The fraction of sp³-hybridized carbons (Fsp3) is 0.111. The first-order valence-corrected chi connectivity index (χ1v) is 4.29. The van der Waals surface area contributed by atoms with E-state index in [1.807, 2.05) is 6.07 Å². The fourth-order valence-corrected chi connectivity index (χ4v) is 1.66. The number of halogens is 1. The molecule has 0 bridgehead atoms. The van der Waals surface area contributed by atoms with Crippen LogP contribution in [0.1, 0.15) is 21.5 Å². The number of aromatic carboxylic acids is 1. The van der Waals surface area contributed by atoms with Crippen LogP contribution < -0.4 is 0 Å². The quantitative estimate of drug-likeness (QED) is 0.819. The van der Waals surface area contributed by atoms with E-state index in [0.29, 0.717) is 15.6 Å². The van der Waals surface area contributed by atoms with Gasteiger partial charge in [-0.3, -0.25) is 0 Å². The van der Waals surface area contributed by atoms with Crippen molar-refractivity contribution in [3.05, 3.63) is 33.3 Å². The maximum absolute atomic E-state index is 10.6. The summed E-state index contributed by atoms with van der Waals surface area (Å²) < 4.78 is 0.521. The molecule has 1 aromatic rings. The molecule has 0 spiro atoms. The number of carbonyl (C=O) groups is 1. The largest absolute Gasteiger partial charge is 0.478 e. The van der Waals surface area contributed by atoms with Crippen LogP contribution in [0.4, 0.5) is 0 Å². The minimum absolute atomic E-state index is 0.184. The molecule has 0 radical (unpaired) electrons. The lowest BCUT2D eigenvalue weighted by molar-refractivity contribution is 0.0696. The molecule has 66 valence electrons. The number of benzene rings is 1. The monoisotopic (exact) mass is 239 g/mol. The summed E-state index contributed by atoms with van der Waals surface area (Å²) in [4.78, 5) is 10.6. The van der Waals surface area contributed by atoms with Crippen LogP contribution in [0.25, 0.3) is 0 Å². The van der Waals surface area contributed by atoms with E-state index in [1.165, 1.54) is 12.1 Å². The van der Waals surface area contributed by atoms with Crippen molar-refractivity contribution in [2.24, 2.45) is 0 Å². The van der Waals surface area contributed by atoms with Gasteiger partial charge in [-0.25, -0.2) is 4.79 Å². The Hall–Kier alpha value is -1.34. The van der Waals surface area contributed by atoms with E-state index in [4.69, 9.17) is 10.4 Å². The molecule has 0 saturated heterocycles. The van der Waals surface area contributed by atoms with Crippen molar-refractivity contribution >= 4 is 21.9 Å². The van der Waals surface area contributed by atoms with Gasteiger partial charge in [0, 0.05) is 4.47 Å². The van der Waals surface area contributed by atoms with E-state index in [1.54, 1.807) is 6.92 Å². The molecule has 0 saturated carbocycles. The van der Waals surface area contributed by atoms with Crippen molar-refractivity contribution in [3.8, 4) is 6.07 Å². The molecule has 0 amide bonds. The second-order valence-corrected chi connectivity index (χ2v) is 3.42. The third-order valence-corrected chi connectivity index (χ3v) is 2.27. The Bertz CT molecular complexity index is 384. The summed E-state index contributed by atoms with van der Waals surface area (Å²) in [5.74, 6) is -0.992. The Morgan fingerprint density at radius 3 is 2.62 bits per heavy atom. The minimum atomic E-state index is -0.992. The van der Waals surface area contributed by atoms with Crippen LogP contribution in [-0.4, -0.2) is 11.1 Å². The van der Waals surface area contributed by atoms with Crippen LogP contribution in [0, 0.1) is 18.3 Å². The van der Waals surface area contributed by atoms with Gasteiger partial charge in [0.05, 0.1) is 11.1 Å². The molecule has 1 aromatic carbocycles. The standard InChI is InChI=1S/C9H6BrNO2/c1-5-2-6(9(12)13)3-8(10)7(5)4-11/h2-3H,1H3,(H,12,13). The molecule has 3 nitrogen and oxygen atoms in total. The summed E-state index contributed by atoms with van der Waals surface area (Å²) in [7, 11) is 0. The molecule has 0 aliphatic carbocycles. The predicted octanol–water partition coefficient (Wildman–Crippen LogP) is 2.33. The van der Waals surface area contributed by atoms with Crippen LogP contribution in [0.3, 0.4) is 0 Å². The zero-order valence-corrected chi connectivity index (χ0v) is 8.42. The van der Waals surface area contributed by atoms with Crippen LogP contribution in [0.15, 0.2) is 16.6 Å². The highest BCUT2D eigenvalue weighted by molar-refractivity contribution is 9.10. The molecular formula is C9H6BrNO2. The zero-order chi connectivity index (χ0) is 10.0.